The highest BCUT2D eigenvalue weighted by Gasteiger charge is 2.24. The lowest BCUT2D eigenvalue weighted by Crippen LogP contribution is -2.27. The van der Waals surface area contributed by atoms with Gasteiger partial charge < -0.3 is 5.43 Å². The van der Waals surface area contributed by atoms with Crippen molar-refractivity contribution in [3.8, 4) is 0 Å². The first-order valence-electron chi connectivity index (χ1n) is 5.83. The zero-order valence-electron chi connectivity index (χ0n) is 9.65. The highest BCUT2D eigenvalue weighted by Crippen LogP contribution is 2.30. The molecule has 2 rings (SSSR count). The number of nitrogen functional groups attached to an aromatic ring is 1. The third-order valence-corrected chi connectivity index (χ3v) is 3.51. The summed E-state index contributed by atoms with van der Waals surface area (Å²) in [5, 5.41) is 5.01. The fourth-order valence-corrected chi connectivity index (χ4v) is 2.33. The molecule has 1 aliphatic carbocycles. The second kappa shape index (κ2) is 5.56. The zero-order valence-corrected chi connectivity index (χ0v) is 10.5. The van der Waals surface area contributed by atoms with Crippen molar-refractivity contribution < 1.29 is 0 Å². The Balaban J connectivity index is 1.92. The molecule has 0 bridgehead atoms. The Morgan fingerprint density at radius 1 is 1.56 bits per heavy atom. The lowest BCUT2D eigenvalue weighted by Gasteiger charge is -2.20. The van der Waals surface area contributed by atoms with Crippen LogP contribution in [0.3, 0.4) is 0 Å². The SMILES string of the molecule is CCCN(Cc1nnsc1NN)CC1CC1. The van der Waals surface area contributed by atoms with E-state index in [9.17, 15) is 0 Å². The van der Waals surface area contributed by atoms with E-state index < -0.39 is 0 Å². The first-order valence-corrected chi connectivity index (χ1v) is 6.61. The van der Waals surface area contributed by atoms with Gasteiger partial charge in [-0.15, -0.1) is 5.10 Å². The minimum Gasteiger partial charge on any atom is -0.313 e. The number of hydrazine groups is 1. The molecule has 3 N–H and O–H groups in total. The molecule has 0 unspecified atom stereocenters. The average Bonchev–Trinajstić information content (AvgIpc) is 2.96. The van der Waals surface area contributed by atoms with Crippen molar-refractivity contribution in [3.05, 3.63) is 5.69 Å². The van der Waals surface area contributed by atoms with Gasteiger partial charge in [-0.25, -0.2) is 5.84 Å². The van der Waals surface area contributed by atoms with Gasteiger partial charge in [0, 0.05) is 24.6 Å². The van der Waals surface area contributed by atoms with E-state index in [4.69, 9.17) is 5.84 Å². The molecule has 0 atom stereocenters. The van der Waals surface area contributed by atoms with Gasteiger partial charge in [0.2, 0.25) is 0 Å². The molecular formula is C10H19N5S. The van der Waals surface area contributed by atoms with Crippen LogP contribution in [0.5, 0.6) is 0 Å². The minimum atomic E-state index is 0.861. The molecule has 1 aromatic heterocycles. The standard InChI is InChI=1S/C10H19N5S/c1-2-5-15(6-8-3-4-8)7-9-10(12-11)16-14-13-9/h8,12H,2-7,11H2,1H3. The van der Waals surface area contributed by atoms with E-state index in [0.717, 1.165) is 29.7 Å². The number of rotatable bonds is 7. The molecule has 1 fully saturated rings. The molecule has 0 amide bonds. The monoisotopic (exact) mass is 241 g/mol. The molecule has 0 saturated heterocycles. The number of nitrogens with zero attached hydrogens (tertiary/aromatic N) is 3. The van der Waals surface area contributed by atoms with Crippen molar-refractivity contribution >= 4 is 16.5 Å². The van der Waals surface area contributed by atoms with E-state index in [1.807, 2.05) is 0 Å². The number of anilines is 1. The number of aromatic nitrogens is 2. The largest absolute Gasteiger partial charge is 0.313 e. The van der Waals surface area contributed by atoms with Gasteiger partial charge in [-0.2, -0.15) is 0 Å². The Bertz CT molecular complexity index is 323. The molecule has 6 heteroatoms. The van der Waals surface area contributed by atoms with Gasteiger partial charge in [-0.3, -0.25) is 4.90 Å². The summed E-state index contributed by atoms with van der Waals surface area (Å²) in [7, 11) is 0. The lowest BCUT2D eigenvalue weighted by atomic mass is 10.3. The lowest BCUT2D eigenvalue weighted by molar-refractivity contribution is 0.252. The fourth-order valence-electron chi connectivity index (χ4n) is 1.85. The highest BCUT2D eigenvalue weighted by molar-refractivity contribution is 7.10. The molecule has 1 aromatic rings. The van der Waals surface area contributed by atoms with Crippen LogP contribution in [0.25, 0.3) is 0 Å². The van der Waals surface area contributed by atoms with Crippen LogP contribution in [0.15, 0.2) is 0 Å². The summed E-state index contributed by atoms with van der Waals surface area (Å²) in [6.45, 7) is 5.38. The van der Waals surface area contributed by atoms with Crippen molar-refractivity contribution in [2.45, 2.75) is 32.7 Å². The van der Waals surface area contributed by atoms with Crippen molar-refractivity contribution in [2.75, 3.05) is 18.5 Å². The van der Waals surface area contributed by atoms with Crippen molar-refractivity contribution in [1.29, 1.82) is 0 Å². The van der Waals surface area contributed by atoms with E-state index in [0.29, 0.717) is 0 Å². The van der Waals surface area contributed by atoms with Crippen LogP contribution >= 0.6 is 11.5 Å². The third-order valence-electron chi connectivity index (χ3n) is 2.81. The third kappa shape index (κ3) is 3.13. The molecule has 1 saturated carbocycles. The zero-order chi connectivity index (χ0) is 11.4. The molecule has 1 heterocycles. The van der Waals surface area contributed by atoms with Gasteiger partial charge >= 0.3 is 0 Å². The van der Waals surface area contributed by atoms with Gasteiger partial charge in [0.25, 0.3) is 0 Å². The Labute approximate surface area is 100 Å². The van der Waals surface area contributed by atoms with E-state index in [2.05, 4.69) is 26.8 Å². The Morgan fingerprint density at radius 2 is 2.38 bits per heavy atom. The highest BCUT2D eigenvalue weighted by atomic mass is 32.1. The van der Waals surface area contributed by atoms with Crippen LogP contribution in [-0.4, -0.2) is 27.6 Å². The van der Waals surface area contributed by atoms with Crippen LogP contribution in [0.1, 0.15) is 31.9 Å². The molecule has 1 aliphatic rings. The molecule has 0 spiro atoms. The summed E-state index contributed by atoms with van der Waals surface area (Å²) in [6, 6.07) is 0. The normalized spacial score (nSPS) is 15.7. The van der Waals surface area contributed by atoms with Gasteiger partial charge in [0.15, 0.2) is 0 Å². The number of hydrogen-bond donors (Lipinski definition) is 2. The quantitative estimate of drug-likeness (QED) is 0.558. The smallest absolute Gasteiger partial charge is 0.148 e. The minimum absolute atomic E-state index is 0.861. The topological polar surface area (TPSA) is 67.1 Å². The van der Waals surface area contributed by atoms with Crippen LogP contribution in [0.4, 0.5) is 5.00 Å². The summed E-state index contributed by atoms with van der Waals surface area (Å²) in [5.74, 6) is 6.33. The van der Waals surface area contributed by atoms with Crippen molar-refractivity contribution in [2.24, 2.45) is 11.8 Å². The Morgan fingerprint density at radius 3 is 3.00 bits per heavy atom. The summed E-state index contributed by atoms with van der Waals surface area (Å²) < 4.78 is 3.92. The maximum absolute atomic E-state index is 5.42. The first kappa shape index (κ1) is 11.8. The van der Waals surface area contributed by atoms with Gasteiger partial charge in [-0.1, -0.05) is 11.4 Å². The Kier molecular flexibility index (Phi) is 4.09. The van der Waals surface area contributed by atoms with Gasteiger partial charge in [-0.05, 0) is 31.7 Å². The molecule has 0 aliphatic heterocycles. The van der Waals surface area contributed by atoms with E-state index in [1.165, 1.54) is 37.3 Å². The number of nitrogens with two attached hydrogens (primary N) is 1. The molecule has 90 valence electrons. The Hall–Kier alpha value is -0.720. The molecule has 16 heavy (non-hydrogen) atoms. The average molecular weight is 241 g/mol. The maximum atomic E-state index is 5.42. The molecule has 5 nitrogen and oxygen atoms in total. The van der Waals surface area contributed by atoms with Crippen molar-refractivity contribution in [1.82, 2.24) is 14.5 Å². The van der Waals surface area contributed by atoms with Crippen LogP contribution < -0.4 is 11.3 Å². The van der Waals surface area contributed by atoms with E-state index >= 15 is 0 Å². The summed E-state index contributed by atoms with van der Waals surface area (Å²) in [5.41, 5.74) is 3.63. The second-order valence-electron chi connectivity index (χ2n) is 4.37. The molecule has 0 radical (unpaired) electrons. The van der Waals surface area contributed by atoms with Gasteiger partial charge in [0.1, 0.15) is 10.7 Å². The summed E-state index contributed by atoms with van der Waals surface area (Å²) in [4.78, 5) is 2.45. The molecular weight excluding hydrogens is 222 g/mol. The number of hydrogen-bond acceptors (Lipinski definition) is 6. The predicted octanol–water partition coefficient (Wildman–Crippen LogP) is 1.45. The van der Waals surface area contributed by atoms with Crippen LogP contribution in [0.2, 0.25) is 0 Å². The number of nitrogens with one attached hydrogen (secondary N) is 1. The maximum Gasteiger partial charge on any atom is 0.148 e. The van der Waals surface area contributed by atoms with Crippen LogP contribution in [-0.2, 0) is 6.54 Å². The van der Waals surface area contributed by atoms with E-state index in [-0.39, 0.29) is 0 Å². The van der Waals surface area contributed by atoms with Crippen LogP contribution in [0, 0.1) is 5.92 Å². The fraction of sp³-hybridized carbons (Fsp3) is 0.800. The second-order valence-corrected chi connectivity index (χ2v) is 5.13. The first-order chi connectivity index (χ1) is 7.83. The summed E-state index contributed by atoms with van der Waals surface area (Å²) in [6.07, 6.45) is 3.95. The van der Waals surface area contributed by atoms with Crippen molar-refractivity contribution in [3.63, 3.8) is 0 Å². The summed E-state index contributed by atoms with van der Waals surface area (Å²) >= 11 is 1.32. The predicted molar refractivity (Wildman–Crippen MR) is 66.0 cm³/mol. The molecule has 0 aromatic carbocycles. The van der Waals surface area contributed by atoms with E-state index in [1.54, 1.807) is 0 Å². The van der Waals surface area contributed by atoms with Gasteiger partial charge in [0.05, 0.1) is 0 Å².